The molecule has 0 aliphatic heterocycles. The number of fused-ring (bicyclic) bond motifs is 1. The molecule has 0 aliphatic rings. The summed E-state index contributed by atoms with van der Waals surface area (Å²) in [7, 11) is 0. The Kier molecular flexibility index (Phi) is 4.68. The van der Waals surface area contributed by atoms with Crippen molar-refractivity contribution < 1.29 is 18.0 Å². The first-order valence-corrected chi connectivity index (χ1v) is 8.45. The first kappa shape index (κ1) is 18.9. The van der Waals surface area contributed by atoms with Crippen LogP contribution < -0.4 is 4.90 Å². The first-order valence-electron chi connectivity index (χ1n) is 8.45. The normalized spacial score (nSPS) is 12.2. The number of rotatable bonds is 2. The lowest BCUT2D eigenvalue weighted by molar-refractivity contribution is -0.171. The van der Waals surface area contributed by atoms with Crippen molar-refractivity contribution in [3.63, 3.8) is 0 Å². The fourth-order valence-corrected chi connectivity index (χ4v) is 2.95. The second-order valence-electron chi connectivity index (χ2n) is 7.23. The van der Waals surface area contributed by atoms with Gasteiger partial charge in [-0.15, -0.1) is 0 Å². The molecule has 0 unspecified atom stereocenters. The number of anilines is 1. The van der Waals surface area contributed by atoms with Gasteiger partial charge in [0.05, 0.1) is 5.52 Å². The summed E-state index contributed by atoms with van der Waals surface area (Å²) >= 11 is 0. The summed E-state index contributed by atoms with van der Waals surface area (Å²) in [5, 5.41) is 0.786. The number of nitrogens with zero attached hydrogens (tertiary/aromatic N) is 2. The lowest BCUT2D eigenvalue weighted by Crippen LogP contribution is -2.52. The summed E-state index contributed by atoms with van der Waals surface area (Å²) in [6.45, 7) is 4.67. The maximum atomic E-state index is 13.3. The van der Waals surface area contributed by atoms with Crippen LogP contribution >= 0.6 is 0 Å². The predicted molar refractivity (Wildman–Crippen MR) is 100 cm³/mol. The number of hydrogen-bond acceptors (Lipinski definition) is 2. The van der Waals surface area contributed by atoms with Gasteiger partial charge in [-0.2, -0.15) is 13.2 Å². The zero-order valence-corrected chi connectivity index (χ0v) is 15.2. The van der Waals surface area contributed by atoms with E-state index in [4.69, 9.17) is 0 Å². The van der Waals surface area contributed by atoms with E-state index < -0.39 is 17.6 Å². The summed E-state index contributed by atoms with van der Waals surface area (Å²) in [6, 6.07) is 17.9. The topological polar surface area (TPSA) is 33.2 Å². The van der Waals surface area contributed by atoms with E-state index in [9.17, 15) is 18.0 Å². The van der Waals surface area contributed by atoms with Gasteiger partial charge < -0.3 is 0 Å². The Balaban J connectivity index is 2.34. The van der Waals surface area contributed by atoms with Gasteiger partial charge in [-0.05, 0) is 38.5 Å². The van der Waals surface area contributed by atoms with E-state index in [1.807, 2.05) is 18.2 Å². The van der Waals surface area contributed by atoms with Crippen LogP contribution in [0.2, 0.25) is 0 Å². The number of carbonyl (C=O) groups excluding carboxylic acids is 1. The average Bonchev–Trinajstić information content (AvgIpc) is 2.60. The van der Waals surface area contributed by atoms with Crippen LogP contribution in [0.5, 0.6) is 0 Å². The van der Waals surface area contributed by atoms with Crippen molar-refractivity contribution in [2.45, 2.75) is 32.5 Å². The lowest BCUT2D eigenvalue weighted by Gasteiger charge is -2.36. The Morgan fingerprint density at radius 1 is 0.926 bits per heavy atom. The van der Waals surface area contributed by atoms with Gasteiger partial charge in [-0.3, -0.25) is 9.69 Å². The van der Waals surface area contributed by atoms with E-state index >= 15 is 0 Å². The molecule has 0 bridgehead atoms. The molecule has 3 nitrogen and oxygen atoms in total. The summed E-state index contributed by atoms with van der Waals surface area (Å²) < 4.78 is 40.0. The highest BCUT2D eigenvalue weighted by molar-refractivity contribution is 6.02. The van der Waals surface area contributed by atoms with Crippen molar-refractivity contribution in [1.29, 1.82) is 0 Å². The second kappa shape index (κ2) is 6.68. The van der Waals surface area contributed by atoms with Gasteiger partial charge in [-0.1, -0.05) is 48.5 Å². The maximum absolute atomic E-state index is 13.3. The Morgan fingerprint density at radius 3 is 2.11 bits per heavy atom. The standard InChI is InChI=1S/C21H19F3N2O/c1-20(2,3)26(19(27)21(22,23)24)18-16(14-9-5-4-6-10-14)13-15-11-7-8-12-17(15)25-18/h4-13H,1-3H3. The van der Waals surface area contributed by atoms with Crippen LogP contribution in [-0.4, -0.2) is 22.6 Å². The number of hydrogen-bond donors (Lipinski definition) is 0. The van der Waals surface area contributed by atoms with E-state index in [-0.39, 0.29) is 5.82 Å². The van der Waals surface area contributed by atoms with Crippen LogP contribution in [0.4, 0.5) is 19.0 Å². The van der Waals surface area contributed by atoms with E-state index in [2.05, 4.69) is 4.98 Å². The minimum Gasteiger partial charge on any atom is -0.283 e. The zero-order valence-electron chi connectivity index (χ0n) is 15.2. The molecule has 140 valence electrons. The SMILES string of the molecule is CC(C)(C)N(C(=O)C(F)(F)F)c1nc2ccccc2cc1-c1ccccc1. The number of amides is 1. The van der Waals surface area contributed by atoms with Gasteiger partial charge in [0.25, 0.3) is 0 Å². The molecule has 2 aromatic carbocycles. The fraction of sp³-hybridized carbons (Fsp3) is 0.238. The van der Waals surface area contributed by atoms with E-state index in [1.165, 1.54) is 0 Å². The molecule has 0 fully saturated rings. The fourth-order valence-electron chi connectivity index (χ4n) is 2.95. The molecule has 0 saturated carbocycles. The van der Waals surface area contributed by atoms with Crippen molar-refractivity contribution >= 4 is 22.6 Å². The third-order valence-electron chi connectivity index (χ3n) is 4.12. The van der Waals surface area contributed by atoms with Crippen LogP contribution in [0.25, 0.3) is 22.0 Å². The van der Waals surface area contributed by atoms with Crippen LogP contribution in [0.1, 0.15) is 20.8 Å². The van der Waals surface area contributed by atoms with Gasteiger partial charge >= 0.3 is 12.1 Å². The Labute approximate surface area is 155 Å². The smallest absolute Gasteiger partial charge is 0.283 e. The van der Waals surface area contributed by atoms with Gasteiger partial charge in [0, 0.05) is 16.5 Å². The van der Waals surface area contributed by atoms with Gasteiger partial charge in [0.15, 0.2) is 0 Å². The number of alkyl halides is 3. The molecule has 3 rings (SSSR count). The molecule has 0 radical (unpaired) electrons. The summed E-state index contributed by atoms with van der Waals surface area (Å²) in [5.74, 6) is -1.94. The minimum atomic E-state index is -5.01. The minimum absolute atomic E-state index is 0.00488. The summed E-state index contributed by atoms with van der Waals surface area (Å²) in [5.41, 5.74) is 0.569. The molecule has 0 spiro atoms. The largest absolute Gasteiger partial charge is 0.471 e. The quantitative estimate of drug-likeness (QED) is 0.587. The molecule has 1 amide bonds. The van der Waals surface area contributed by atoms with Crippen LogP contribution in [0, 0.1) is 0 Å². The number of benzene rings is 2. The zero-order chi connectivity index (χ0) is 19.8. The third-order valence-corrected chi connectivity index (χ3v) is 4.12. The molecule has 0 aliphatic carbocycles. The third kappa shape index (κ3) is 3.79. The molecular weight excluding hydrogens is 353 g/mol. The van der Waals surface area contributed by atoms with Crippen LogP contribution in [0.3, 0.4) is 0 Å². The molecular formula is C21H19F3N2O. The molecule has 1 aromatic heterocycles. The van der Waals surface area contributed by atoms with Gasteiger partial charge in [-0.25, -0.2) is 4.98 Å². The first-order chi connectivity index (χ1) is 12.6. The number of para-hydroxylation sites is 1. The van der Waals surface area contributed by atoms with Crippen molar-refractivity contribution in [1.82, 2.24) is 4.98 Å². The lowest BCUT2D eigenvalue weighted by atomic mass is 9.99. The number of aromatic nitrogens is 1. The number of halogens is 3. The highest BCUT2D eigenvalue weighted by Crippen LogP contribution is 2.37. The molecule has 0 saturated heterocycles. The van der Waals surface area contributed by atoms with Gasteiger partial charge in [0.1, 0.15) is 5.82 Å². The Bertz CT molecular complexity index is 976. The van der Waals surface area contributed by atoms with E-state index in [0.29, 0.717) is 16.6 Å². The van der Waals surface area contributed by atoms with Crippen LogP contribution in [-0.2, 0) is 4.79 Å². The highest BCUT2D eigenvalue weighted by atomic mass is 19.4. The second-order valence-corrected chi connectivity index (χ2v) is 7.23. The summed E-state index contributed by atoms with van der Waals surface area (Å²) in [4.78, 5) is 17.5. The van der Waals surface area contributed by atoms with Crippen molar-refractivity contribution in [2.75, 3.05) is 4.90 Å². The maximum Gasteiger partial charge on any atom is 0.471 e. The molecule has 0 atom stereocenters. The predicted octanol–water partition coefficient (Wildman–Crippen LogP) is 5.60. The highest BCUT2D eigenvalue weighted by Gasteiger charge is 2.47. The van der Waals surface area contributed by atoms with Crippen LogP contribution in [0.15, 0.2) is 60.7 Å². The van der Waals surface area contributed by atoms with Crippen molar-refractivity contribution in [3.8, 4) is 11.1 Å². The molecule has 6 heteroatoms. The average molecular weight is 372 g/mol. The summed E-state index contributed by atoms with van der Waals surface area (Å²) in [6.07, 6.45) is -5.01. The van der Waals surface area contributed by atoms with E-state index in [0.717, 1.165) is 10.3 Å². The van der Waals surface area contributed by atoms with Crippen molar-refractivity contribution in [3.05, 3.63) is 60.7 Å². The van der Waals surface area contributed by atoms with E-state index in [1.54, 1.807) is 63.2 Å². The molecule has 0 N–H and O–H groups in total. The van der Waals surface area contributed by atoms with Crippen molar-refractivity contribution in [2.24, 2.45) is 0 Å². The number of pyridine rings is 1. The number of carbonyl (C=O) groups is 1. The Hall–Kier alpha value is -2.89. The van der Waals surface area contributed by atoms with Gasteiger partial charge in [0.2, 0.25) is 0 Å². The Morgan fingerprint density at radius 2 is 1.52 bits per heavy atom. The molecule has 1 heterocycles. The molecule has 27 heavy (non-hydrogen) atoms. The monoisotopic (exact) mass is 372 g/mol. The molecule has 3 aromatic rings.